The molecule has 0 heterocycles. The van der Waals surface area contributed by atoms with Gasteiger partial charge in [0.2, 0.25) is 0 Å². The normalized spacial score (nSPS) is 12.7. The van der Waals surface area contributed by atoms with Crippen molar-refractivity contribution in [1.29, 1.82) is 0 Å². The topological polar surface area (TPSA) is 24.4 Å². The maximum Gasteiger partial charge on any atom is 0.416 e. The Balaban J connectivity index is 1.51. The zero-order valence-electron chi connectivity index (χ0n) is 28.6. The summed E-state index contributed by atoms with van der Waals surface area (Å²) in [4.78, 5) is 0. The largest absolute Gasteiger partial charge is 0.416 e. The molecule has 1 N–H and O–H groups in total. The van der Waals surface area contributed by atoms with Gasteiger partial charge in [0.1, 0.15) is 0 Å². The number of hydrogen-bond acceptors (Lipinski definition) is 2. The predicted octanol–water partition coefficient (Wildman–Crippen LogP) is 10.7. The second kappa shape index (κ2) is 16.1. The summed E-state index contributed by atoms with van der Waals surface area (Å²) in [6.45, 7) is 4.37. The van der Waals surface area contributed by atoms with Gasteiger partial charge in [0, 0.05) is 33.9 Å². The van der Waals surface area contributed by atoms with Gasteiger partial charge >= 0.3 is 12.4 Å². The molecule has 6 aromatic rings. The maximum absolute atomic E-state index is 13.8. The highest BCUT2D eigenvalue weighted by molar-refractivity contribution is 7.87. The fourth-order valence-corrected chi connectivity index (χ4v) is 10.3. The van der Waals surface area contributed by atoms with Crippen molar-refractivity contribution in [3.63, 3.8) is 0 Å². The Morgan fingerprint density at radius 1 is 0.547 bits per heavy atom. The van der Waals surface area contributed by atoms with Crippen LogP contribution in [0.3, 0.4) is 0 Å². The number of halogens is 6. The van der Waals surface area contributed by atoms with Crippen molar-refractivity contribution in [2.45, 2.75) is 30.7 Å². The Bertz CT molecular complexity index is 1980. The molecule has 0 radical (unpaired) electrons. The van der Waals surface area contributed by atoms with Crippen LogP contribution in [0.5, 0.6) is 0 Å². The summed E-state index contributed by atoms with van der Waals surface area (Å²) < 4.78 is 88.4. The quantitative estimate of drug-likeness (QED) is 0.0981. The highest BCUT2D eigenvalue weighted by Gasteiger charge is 2.37. The summed E-state index contributed by atoms with van der Waals surface area (Å²) in [5, 5.41) is 6.58. The third-order valence-electron chi connectivity index (χ3n) is 9.05. The summed E-state index contributed by atoms with van der Waals surface area (Å²) in [5.74, 6) is -0.325. The van der Waals surface area contributed by atoms with E-state index < -0.39 is 36.6 Å². The number of nitrogens with one attached hydrogen (secondary N) is 1. The van der Waals surface area contributed by atoms with Crippen molar-refractivity contribution in [2.75, 3.05) is 6.54 Å². The first-order valence-corrected chi connectivity index (χ1v) is 18.8. The average Bonchev–Trinajstić information content (AvgIpc) is 3.16. The van der Waals surface area contributed by atoms with Crippen molar-refractivity contribution < 1.29 is 26.3 Å². The molecule has 0 fully saturated rings. The standard InChI is InChI=1S/C44H37F6N2P/c1-32(27-33-28-36(43(45,46)47)30-37(29-33)44(48,49)50)52-41(42(34-17-7-2-8-18-34)35-19-9-3-10-20-35)31-51-53(38-21-11-4-12-22-38,39-23-13-5-14-24-39)40-25-15-6-16-26-40/h2-26,28-30,41-42,52H,1,27,31H2/t41-/m0/s1. The molecule has 0 unspecified atom stereocenters. The molecular formula is C44H37F6N2P. The van der Waals surface area contributed by atoms with E-state index in [0.29, 0.717) is 0 Å². The molecule has 2 nitrogen and oxygen atoms in total. The minimum atomic E-state index is -4.96. The molecule has 1 atom stereocenters. The van der Waals surface area contributed by atoms with Crippen LogP contribution in [0.2, 0.25) is 0 Å². The van der Waals surface area contributed by atoms with Crippen LogP contribution in [0, 0.1) is 0 Å². The first-order valence-electron chi connectivity index (χ1n) is 17.0. The van der Waals surface area contributed by atoms with Crippen LogP contribution in [0.1, 0.15) is 33.7 Å². The molecule has 0 bridgehead atoms. The van der Waals surface area contributed by atoms with Crippen molar-refractivity contribution in [1.82, 2.24) is 5.32 Å². The molecule has 6 rings (SSSR count). The molecule has 270 valence electrons. The maximum atomic E-state index is 13.8. The molecule has 0 saturated carbocycles. The fraction of sp³-hybridized carbons (Fsp3) is 0.136. The Morgan fingerprint density at radius 3 is 1.26 bits per heavy atom. The predicted molar refractivity (Wildman–Crippen MR) is 203 cm³/mol. The molecule has 0 spiro atoms. The Morgan fingerprint density at radius 2 is 0.906 bits per heavy atom. The van der Waals surface area contributed by atoms with Gasteiger partial charge in [0.15, 0.2) is 0 Å². The minimum Gasteiger partial charge on any atom is -0.383 e. The van der Waals surface area contributed by atoms with E-state index in [-0.39, 0.29) is 36.2 Å². The Kier molecular flexibility index (Phi) is 11.4. The van der Waals surface area contributed by atoms with Gasteiger partial charge in [-0.2, -0.15) is 26.3 Å². The molecule has 0 amide bonds. The van der Waals surface area contributed by atoms with E-state index in [4.69, 9.17) is 4.74 Å². The highest BCUT2D eigenvalue weighted by atomic mass is 31.2. The van der Waals surface area contributed by atoms with E-state index in [1.54, 1.807) is 0 Å². The lowest BCUT2D eigenvalue weighted by molar-refractivity contribution is -0.143. The lowest BCUT2D eigenvalue weighted by atomic mass is 9.84. The van der Waals surface area contributed by atoms with Crippen molar-refractivity contribution in [2.24, 2.45) is 4.74 Å². The lowest BCUT2D eigenvalue weighted by Crippen LogP contribution is -2.38. The van der Waals surface area contributed by atoms with E-state index in [0.717, 1.165) is 39.2 Å². The van der Waals surface area contributed by atoms with Crippen LogP contribution >= 0.6 is 7.05 Å². The number of nitrogens with zero attached hydrogens (tertiary/aromatic N) is 1. The lowest BCUT2D eigenvalue weighted by Gasteiger charge is -2.32. The number of rotatable bonds is 12. The van der Waals surface area contributed by atoms with E-state index in [9.17, 15) is 26.3 Å². The van der Waals surface area contributed by atoms with Crippen molar-refractivity contribution in [3.05, 3.63) is 210 Å². The fourth-order valence-electron chi connectivity index (χ4n) is 6.73. The number of benzene rings is 6. The second-order valence-corrected chi connectivity index (χ2v) is 15.8. The van der Waals surface area contributed by atoms with Crippen LogP contribution in [0.25, 0.3) is 0 Å². The average molecular weight is 739 g/mol. The smallest absolute Gasteiger partial charge is 0.383 e. The SMILES string of the molecule is C=C(Cc1cc(C(F)(F)F)cc(C(F)(F)F)c1)N[C@@H](CN=P(c1ccccc1)(c1ccccc1)c1ccccc1)C(c1ccccc1)c1ccccc1. The Labute approximate surface area is 305 Å². The van der Waals surface area contributed by atoms with Gasteiger partial charge in [0.05, 0.1) is 30.8 Å². The molecular weight excluding hydrogens is 701 g/mol. The zero-order valence-corrected chi connectivity index (χ0v) is 29.5. The number of hydrogen-bond donors (Lipinski definition) is 1. The summed E-state index contributed by atoms with van der Waals surface area (Å²) in [5.41, 5.74) is -0.706. The number of allylic oxidation sites excluding steroid dienone is 1. The molecule has 0 aliphatic rings. The van der Waals surface area contributed by atoms with Crippen LogP contribution in [0.4, 0.5) is 26.3 Å². The van der Waals surface area contributed by atoms with Gasteiger partial charge in [-0.25, -0.2) is 0 Å². The van der Waals surface area contributed by atoms with Gasteiger partial charge in [-0.1, -0.05) is 158 Å². The second-order valence-electron chi connectivity index (χ2n) is 12.7. The highest BCUT2D eigenvalue weighted by Crippen LogP contribution is 2.47. The van der Waals surface area contributed by atoms with Gasteiger partial charge in [-0.05, 0) is 34.9 Å². The van der Waals surface area contributed by atoms with Crippen molar-refractivity contribution in [3.8, 4) is 0 Å². The van der Waals surface area contributed by atoms with Crippen LogP contribution in [-0.4, -0.2) is 12.6 Å². The van der Waals surface area contributed by atoms with Crippen LogP contribution in [0.15, 0.2) is 187 Å². The van der Waals surface area contributed by atoms with Gasteiger partial charge in [-0.3, -0.25) is 4.74 Å². The molecule has 9 heteroatoms. The van der Waals surface area contributed by atoms with E-state index >= 15 is 0 Å². The third kappa shape index (κ3) is 8.83. The summed E-state index contributed by atoms with van der Waals surface area (Å²) in [7, 11) is -2.68. The zero-order chi connectivity index (χ0) is 37.5. The van der Waals surface area contributed by atoms with Crippen LogP contribution < -0.4 is 21.2 Å². The van der Waals surface area contributed by atoms with Gasteiger partial charge < -0.3 is 5.32 Å². The first-order chi connectivity index (χ1) is 25.4. The van der Waals surface area contributed by atoms with E-state index in [1.807, 2.05) is 115 Å². The summed E-state index contributed by atoms with van der Waals surface area (Å²) in [6.07, 6.45) is -10.2. The molecule has 0 aromatic heterocycles. The monoisotopic (exact) mass is 738 g/mol. The van der Waals surface area contributed by atoms with Gasteiger partial charge in [-0.15, -0.1) is 0 Å². The molecule has 6 aromatic carbocycles. The molecule has 0 aliphatic carbocycles. The minimum absolute atomic E-state index is 0.141. The summed E-state index contributed by atoms with van der Waals surface area (Å²) >= 11 is 0. The first kappa shape index (κ1) is 37.4. The molecule has 53 heavy (non-hydrogen) atoms. The van der Waals surface area contributed by atoms with Crippen LogP contribution in [-0.2, 0) is 18.8 Å². The van der Waals surface area contributed by atoms with E-state index in [1.165, 1.54) is 0 Å². The Hall–Kier alpha value is -5.33. The van der Waals surface area contributed by atoms with Gasteiger partial charge in [0.25, 0.3) is 0 Å². The van der Waals surface area contributed by atoms with Crippen molar-refractivity contribution >= 4 is 23.0 Å². The third-order valence-corrected chi connectivity index (χ3v) is 12.8. The molecule has 0 saturated heterocycles. The summed E-state index contributed by atoms with van der Waals surface area (Å²) in [6, 6.07) is 51.0. The van der Waals surface area contributed by atoms with E-state index in [2.05, 4.69) is 48.3 Å². The molecule has 0 aliphatic heterocycles. The number of alkyl halides is 6.